The Labute approximate surface area is 229 Å². The van der Waals surface area contributed by atoms with Crippen LogP contribution in [0, 0.1) is 5.92 Å². The second-order valence-corrected chi connectivity index (χ2v) is 10.3. The fourth-order valence-electron chi connectivity index (χ4n) is 5.31. The number of aliphatic carboxylic acids is 1. The van der Waals surface area contributed by atoms with Gasteiger partial charge in [0, 0.05) is 37.0 Å². The van der Waals surface area contributed by atoms with E-state index in [2.05, 4.69) is 15.6 Å². The van der Waals surface area contributed by atoms with Gasteiger partial charge in [-0.05, 0) is 49.3 Å². The van der Waals surface area contributed by atoms with Crippen LogP contribution in [0.4, 0.5) is 5.69 Å². The fraction of sp³-hybridized carbons (Fsp3) is 0.423. The molecule has 5 rings (SSSR count). The number of amides is 3. The number of carboxylic acid groups (broad SMARTS) is 1. The maximum Gasteiger partial charge on any atom is 0.326 e. The fourth-order valence-corrected chi connectivity index (χ4v) is 5.85. The van der Waals surface area contributed by atoms with Crippen molar-refractivity contribution in [3.8, 4) is 0 Å². The predicted octanol–water partition coefficient (Wildman–Crippen LogP) is 2.90. The Morgan fingerprint density at radius 2 is 1.66 bits per heavy atom. The number of carbonyl (C=O) groups is 4. The second kappa shape index (κ2) is 12.1. The molecule has 4 N–H and O–H groups in total. The van der Waals surface area contributed by atoms with Crippen molar-refractivity contribution in [1.29, 1.82) is 0 Å². The van der Waals surface area contributed by atoms with E-state index in [9.17, 15) is 29.4 Å². The van der Waals surface area contributed by atoms with Crippen LogP contribution in [0.5, 0.6) is 0 Å². The van der Waals surface area contributed by atoms with Gasteiger partial charge in [0.25, 0.3) is 5.91 Å². The first-order valence-electron chi connectivity index (χ1n) is 12.3. The van der Waals surface area contributed by atoms with Crippen molar-refractivity contribution in [3.63, 3.8) is 0 Å². The molecular formula is C26H28Cl2N4O6. The number of hydrogen-bond donors (Lipinski definition) is 4. The van der Waals surface area contributed by atoms with Crippen LogP contribution in [0.15, 0.2) is 36.7 Å². The molecule has 0 spiro atoms. The molecule has 10 nitrogen and oxygen atoms in total. The number of nitrogens with zero attached hydrogens (tertiary/aromatic N) is 2. The lowest BCUT2D eigenvalue weighted by molar-refractivity contribution is -0.155. The summed E-state index contributed by atoms with van der Waals surface area (Å²) in [6.07, 6.45) is 5.75. The highest BCUT2D eigenvalue weighted by Crippen LogP contribution is 2.40. The molecule has 2 saturated heterocycles. The predicted molar refractivity (Wildman–Crippen MR) is 140 cm³/mol. The lowest BCUT2D eigenvalue weighted by Gasteiger charge is -2.50. The SMILES string of the molecule is O=C(Nc1ccc(C[C@H](NC(=O)[C@@H]2C3CCC(CC3)N2C(=O)CCO)C(=O)O)cc1)c1c(Cl)cncc1Cl. The molecule has 1 aromatic heterocycles. The van der Waals surface area contributed by atoms with Crippen molar-refractivity contribution in [2.75, 3.05) is 11.9 Å². The van der Waals surface area contributed by atoms with Gasteiger partial charge in [-0.25, -0.2) is 4.79 Å². The van der Waals surface area contributed by atoms with Gasteiger partial charge in [-0.15, -0.1) is 0 Å². The molecule has 38 heavy (non-hydrogen) atoms. The zero-order valence-corrected chi connectivity index (χ0v) is 21.9. The summed E-state index contributed by atoms with van der Waals surface area (Å²) in [5.74, 6) is -2.55. The van der Waals surface area contributed by atoms with Crippen molar-refractivity contribution in [1.82, 2.24) is 15.2 Å². The molecule has 2 aromatic rings. The van der Waals surface area contributed by atoms with E-state index in [1.165, 1.54) is 12.4 Å². The van der Waals surface area contributed by atoms with Gasteiger partial charge in [-0.1, -0.05) is 35.3 Å². The minimum absolute atomic E-state index is 0.00269. The topological polar surface area (TPSA) is 149 Å². The molecule has 0 radical (unpaired) electrons. The largest absolute Gasteiger partial charge is 0.480 e. The number of halogens is 2. The van der Waals surface area contributed by atoms with E-state index in [0.717, 1.165) is 25.7 Å². The summed E-state index contributed by atoms with van der Waals surface area (Å²) >= 11 is 12.1. The van der Waals surface area contributed by atoms with Crippen LogP contribution in [0.3, 0.4) is 0 Å². The van der Waals surface area contributed by atoms with Gasteiger partial charge in [-0.2, -0.15) is 0 Å². The molecule has 1 aromatic carbocycles. The number of fused-ring (bicyclic) bond motifs is 3. The summed E-state index contributed by atoms with van der Waals surface area (Å²) in [4.78, 5) is 55.9. The van der Waals surface area contributed by atoms with Gasteiger partial charge in [0.1, 0.15) is 12.1 Å². The van der Waals surface area contributed by atoms with Crippen LogP contribution in [0.2, 0.25) is 10.0 Å². The van der Waals surface area contributed by atoms with E-state index in [0.29, 0.717) is 11.3 Å². The summed E-state index contributed by atoms with van der Waals surface area (Å²) in [5, 5.41) is 24.6. The lowest BCUT2D eigenvalue weighted by atomic mass is 9.74. The number of carbonyl (C=O) groups excluding carboxylic acids is 3. The standard InChI is InChI=1S/C26H28Cl2N4O6/c27-18-12-29-13-19(28)22(18)24(35)30-16-5-1-14(2-6-16)11-20(26(37)38)31-25(36)23-15-3-7-17(8-4-15)32(23)21(34)9-10-33/h1-2,5-6,12-13,15,17,20,23,33H,3-4,7-11H2,(H,30,35)(H,31,36)(H,37,38)/t15?,17?,20-,23-/m0/s1. The molecule has 3 fully saturated rings. The van der Waals surface area contributed by atoms with E-state index < -0.39 is 29.9 Å². The highest BCUT2D eigenvalue weighted by molar-refractivity contribution is 6.40. The third-order valence-electron chi connectivity index (χ3n) is 7.11. The quantitative estimate of drug-likeness (QED) is 0.367. The molecule has 2 atom stereocenters. The van der Waals surface area contributed by atoms with Crippen molar-refractivity contribution < 1.29 is 29.4 Å². The Hall–Kier alpha value is -3.21. The van der Waals surface area contributed by atoms with E-state index in [1.54, 1.807) is 29.2 Å². The summed E-state index contributed by atoms with van der Waals surface area (Å²) < 4.78 is 0. The van der Waals surface area contributed by atoms with E-state index in [-0.39, 0.29) is 52.9 Å². The zero-order chi connectivity index (χ0) is 27.4. The number of piperidine rings is 2. The molecule has 2 bridgehead atoms. The normalized spacial score (nSPS) is 21.0. The molecule has 2 aliphatic heterocycles. The molecule has 3 amide bonds. The number of rotatable bonds is 9. The molecule has 3 aliphatic rings. The molecule has 1 saturated carbocycles. The summed E-state index contributed by atoms with van der Waals surface area (Å²) in [6, 6.07) is 4.47. The number of hydrogen-bond acceptors (Lipinski definition) is 6. The maximum atomic E-state index is 13.3. The monoisotopic (exact) mass is 562 g/mol. The number of aliphatic hydroxyl groups is 1. The van der Waals surface area contributed by atoms with E-state index in [4.69, 9.17) is 23.2 Å². The van der Waals surface area contributed by atoms with Gasteiger partial charge < -0.3 is 25.7 Å². The molecule has 1 aliphatic carbocycles. The minimum Gasteiger partial charge on any atom is -0.480 e. The van der Waals surface area contributed by atoms with Crippen LogP contribution in [-0.2, 0) is 20.8 Å². The van der Waals surface area contributed by atoms with Crippen LogP contribution >= 0.6 is 23.2 Å². The van der Waals surface area contributed by atoms with Crippen molar-refractivity contribution in [3.05, 3.63) is 57.8 Å². The number of aliphatic hydroxyl groups excluding tert-OH is 1. The van der Waals surface area contributed by atoms with E-state index in [1.807, 2.05) is 0 Å². The first-order valence-corrected chi connectivity index (χ1v) is 13.1. The Kier molecular flexibility index (Phi) is 8.86. The highest BCUT2D eigenvalue weighted by Gasteiger charge is 2.47. The number of carboxylic acids is 1. The summed E-state index contributed by atoms with van der Waals surface area (Å²) in [7, 11) is 0. The van der Waals surface area contributed by atoms with Crippen LogP contribution in [-0.4, -0.2) is 68.5 Å². The van der Waals surface area contributed by atoms with Gasteiger partial charge in [0.05, 0.1) is 22.2 Å². The van der Waals surface area contributed by atoms with Crippen LogP contribution in [0.25, 0.3) is 0 Å². The Balaban J connectivity index is 1.42. The van der Waals surface area contributed by atoms with Gasteiger partial charge in [0.2, 0.25) is 11.8 Å². The van der Waals surface area contributed by atoms with Gasteiger partial charge in [0.15, 0.2) is 0 Å². The van der Waals surface area contributed by atoms with Crippen molar-refractivity contribution in [2.45, 2.75) is 56.7 Å². The highest BCUT2D eigenvalue weighted by atomic mass is 35.5. The van der Waals surface area contributed by atoms with Crippen LogP contribution < -0.4 is 10.6 Å². The smallest absolute Gasteiger partial charge is 0.326 e. The molecule has 0 unspecified atom stereocenters. The summed E-state index contributed by atoms with van der Waals surface area (Å²) in [5.41, 5.74) is 1.15. The molecule has 12 heteroatoms. The molecule has 3 heterocycles. The lowest BCUT2D eigenvalue weighted by Crippen LogP contribution is -2.64. The second-order valence-electron chi connectivity index (χ2n) is 9.52. The minimum atomic E-state index is -1.22. The molecule has 202 valence electrons. The number of benzene rings is 1. The Bertz CT molecular complexity index is 1200. The molecular weight excluding hydrogens is 535 g/mol. The average molecular weight is 563 g/mol. The number of aromatic nitrogens is 1. The van der Waals surface area contributed by atoms with E-state index >= 15 is 0 Å². The first-order chi connectivity index (χ1) is 18.2. The zero-order valence-electron chi connectivity index (χ0n) is 20.4. The first kappa shape index (κ1) is 27.8. The number of anilines is 1. The third kappa shape index (κ3) is 6.09. The number of pyridine rings is 1. The van der Waals surface area contributed by atoms with Crippen molar-refractivity contribution >= 4 is 52.6 Å². The maximum absolute atomic E-state index is 13.3. The van der Waals surface area contributed by atoms with Crippen molar-refractivity contribution in [2.24, 2.45) is 5.92 Å². The third-order valence-corrected chi connectivity index (χ3v) is 7.68. The van der Waals surface area contributed by atoms with Crippen LogP contribution in [0.1, 0.15) is 48.0 Å². The Morgan fingerprint density at radius 1 is 1.03 bits per heavy atom. The summed E-state index contributed by atoms with van der Waals surface area (Å²) in [6.45, 7) is -0.308. The number of nitrogens with one attached hydrogen (secondary N) is 2. The van der Waals surface area contributed by atoms with Gasteiger partial charge >= 0.3 is 5.97 Å². The Morgan fingerprint density at radius 3 is 2.24 bits per heavy atom. The van der Waals surface area contributed by atoms with Gasteiger partial charge in [-0.3, -0.25) is 19.4 Å². The average Bonchev–Trinajstić information content (AvgIpc) is 2.89.